The highest BCUT2D eigenvalue weighted by Crippen LogP contribution is 2.24. The van der Waals surface area contributed by atoms with Crippen molar-refractivity contribution in [1.29, 1.82) is 0 Å². The van der Waals surface area contributed by atoms with E-state index in [1.807, 2.05) is 31.2 Å². The molecule has 0 amide bonds. The lowest BCUT2D eigenvalue weighted by molar-refractivity contribution is 0.782. The molecule has 0 aliphatic rings. The normalized spacial score (nSPS) is 10.7. The fourth-order valence-corrected chi connectivity index (χ4v) is 2.36. The summed E-state index contributed by atoms with van der Waals surface area (Å²) in [5.74, 6) is 0.652. The third kappa shape index (κ3) is 3.46. The van der Waals surface area contributed by atoms with Crippen LogP contribution in [-0.2, 0) is 6.42 Å². The molecule has 0 spiro atoms. The summed E-state index contributed by atoms with van der Waals surface area (Å²) in [7, 11) is 0. The predicted octanol–water partition coefficient (Wildman–Crippen LogP) is 5.10. The van der Waals surface area contributed by atoms with E-state index in [4.69, 9.17) is 23.2 Å². The number of benzene rings is 1. The second kappa shape index (κ2) is 6.36. The number of aromatic nitrogens is 2. The van der Waals surface area contributed by atoms with Gasteiger partial charge in [-0.1, -0.05) is 36.5 Å². The van der Waals surface area contributed by atoms with Crippen molar-refractivity contribution in [3.8, 4) is 11.4 Å². The monoisotopic (exact) mass is 294 g/mol. The van der Waals surface area contributed by atoms with Crippen LogP contribution in [0.3, 0.4) is 0 Å². The van der Waals surface area contributed by atoms with Crippen LogP contribution in [-0.4, -0.2) is 9.97 Å². The van der Waals surface area contributed by atoms with Crippen molar-refractivity contribution >= 4 is 23.2 Å². The minimum absolute atomic E-state index is 0.561. The van der Waals surface area contributed by atoms with Gasteiger partial charge in [-0.05, 0) is 44.0 Å². The van der Waals surface area contributed by atoms with Crippen molar-refractivity contribution < 1.29 is 0 Å². The fourth-order valence-electron chi connectivity index (χ4n) is 1.93. The molecule has 0 aliphatic carbocycles. The first-order valence-corrected chi connectivity index (χ1v) is 7.16. The molecule has 1 aromatic heterocycles. The highest BCUT2D eigenvalue weighted by Gasteiger charge is 2.10. The molecular weight excluding hydrogens is 279 g/mol. The Labute approximate surface area is 123 Å². The van der Waals surface area contributed by atoms with Crippen LogP contribution in [0.2, 0.25) is 10.2 Å². The molecule has 0 fully saturated rings. The summed E-state index contributed by atoms with van der Waals surface area (Å²) in [6, 6.07) is 7.46. The summed E-state index contributed by atoms with van der Waals surface area (Å²) in [5.41, 5.74) is 2.94. The van der Waals surface area contributed by atoms with Gasteiger partial charge in [-0.15, -0.1) is 0 Å². The van der Waals surface area contributed by atoms with Gasteiger partial charge < -0.3 is 0 Å². The van der Waals surface area contributed by atoms with E-state index >= 15 is 0 Å². The number of hydrogen-bond donors (Lipinski definition) is 0. The first-order valence-electron chi connectivity index (χ1n) is 6.40. The molecule has 100 valence electrons. The van der Waals surface area contributed by atoms with E-state index in [1.165, 1.54) is 0 Å². The van der Waals surface area contributed by atoms with Gasteiger partial charge in [0.15, 0.2) is 5.82 Å². The van der Waals surface area contributed by atoms with Crippen molar-refractivity contribution in [2.75, 3.05) is 0 Å². The van der Waals surface area contributed by atoms with Gasteiger partial charge in [0.25, 0.3) is 0 Å². The van der Waals surface area contributed by atoms with E-state index in [1.54, 1.807) is 0 Å². The van der Waals surface area contributed by atoms with E-state index in [2.05, 4.69) is 16.9 Å². The highest BCUT2D eigenvalue weighted by atomic mass is 35.5. The van der Waals surface area contributed by atoms with E-state index < -0.39 is 0 Å². The summed E-state index contributed by atoms with van der Waals surface area (Å²) < 4.78 is 0. The summed E-state index contributed by atoms with van der Waals surface area (Å²) >= 11 is 12.2. The lowest BCUT2D eigenvalue weighted by Crippen LogP contribution is -2.00. The van der Waals surface area contributed by atoms with Crippen LogP contribution >= 0.6 is 23.2 Å². The van der Waals surface area contributed by atoms with Crippen molar-refractivity contribution in [3.63, 3.8) is 0 Å². The number of aryl methyl sites for hydroxylation is 1. The lowest BCUT2D eigenvalue weighted by atomic mass is 10.1. The maximum absolute atomic E-state index is 6.27. The average Bonchev–Trinajstić information content (AvgIpc) is 2.38. The molecule has 2 rings (SSSR count). The molecule has 0 bridgehead atoms. The number of unbranched alkanes of at least 4 members (excludes halogenated alkanes) is 1. The van der Waals surface area contributed by atoms with Gasteiger partial charge in [-0.25, -0.2) is 9.97 Å². The Morgan fingerprint density at radius 1 is 1.05 bits per heavy atom. The van der Waals surface area contributed by atoms with Gasteiger partial charge in [-0.2, -0.15) is 0 Å². The van der Waals surface area contributed by atoms with Gasteiger partial charge in [0.2, 0.25) is 0 Å². The number of hydrogen-bond acceptors (Lipinski definition) is 2. The van der Waals surface area contributed by atoms with E-state index in [0.717, 1.165) is 36.1 Å². The van der Waals surface area contributed by atoms with Crippen molar-refractivity contribution in [1.82, 2.24) is 9.97 Å². The zero-order valence-corrected chi connectivity index (χ0v) is 12.6. The quantitative estimate of drug-likeness (QED) is 0.733. The molecule has 2 nitrogen and oxygen atoms in total. The number of rotatable bonds is 4. The van der Waals surface area contributed by atoms with Crippen molar-refractivity contribution in [3.05, 3.63) is 45.7 Å². The van der Waals surface area contributed by atoms with Gasteiger partial charge in [0, 0.05) is 21.8 Å². The summed E-state index contributed by atoms with van der Waals surface area (Å²) in [4.78, 5) is 8.95. The molecular formula is C15H16Cl2N2. The maximum atomic E-state index is 6.27. The van der Waals surface area contributed by atoms with Crippen LogP contribution in [0, 0.1) is 6.92 Å². The minimum Gasteiger partial charge on any atom is -0.233 e. The van der Waals surface area contributed by atoms with Gasteiger partial charge in [0.1, 0.15) is 5.15 Å². The first-order chi connectivity index (χ1) is 9.11. The molecule has 0 N–H and O–H groups in total. The van der Waals surface area contributed by atoms with E-state index in [9.17, 15) is 0 Å². The lowest BCUT2D eigenvalue weighted by Gasteiger charge is -2.09. The van der Waals surface area contributed by atoms with E-state index in [0.29, 0.717) is 16.0 Å². The summed E-state index contributed by atoms with van der Waals surface area (Å²) in [6.45, 7) is 4.14. The van der Waals surface area contributed by atoms with Gasteiger partial charge in [-0.3, -0.25) is 0 Å². The van der Waals surface area contributed by atoms with Crippen LogP contribution < -0.4 is 0 Å². The third-order valence-electron chi connectivity index (χ3n) is 3.05. The fraction of sp³-hybridized carbons (Fsp3) is 0.333. The molecule has 4 heteroatoms. The van der Waals surface area contributed by atoms with Crippen molar-refractivity contribution in [2.45, 2.75) is 33.1 Å². The Balaban J connectivity index is 2.36. The molecule has 0 radical (unpaired) electrons. The Hall–Kier alpha value is -1.12. The van der Waals surface area contributed by atoms with Crippen molar-refractivity contribution in [2.24, 2.45) is 0 Å². The minimum atomic E-state index is 0.561. The zero-order valence-electron chi connectivity index (χ0n) is 11.1. The van der Waals surface area contributed by atoms with Crippen LogP contribution in [0.5, 0.6) is 0 Å². The van der Waals surface area contributed by atoms with Crippen LogP contribution in [0.15, 0.2) is 24.3 Å². The SMILES string of the molecule is CCCCc1c(C)nc(-c2ccc(Cl)cc2)nc1Cl. The molecule has 2 aromatic rings. The first kappa shape index (κ1) is 14.3. The Morgan fingerprint density at radius 3 is 2.32 bits per heavy atom. The molecule has 0 saturated heterocycles. The summed E-state index contributed by atoms with van der Waals surface area (Å²) in [6.07, 6.45) is 3.17. The Bertz CT molecular complexity index is 542. The summed E-state index contributed by atoms with van der Waals surface area (Å²) in [5, 5.41) is 1.26. The van der Waals surface area contributed by atoms with Gasteiger partial charge >= 0.3 is 0 Å². The zero-order chi connectivity index (χ0) is 13.8. The van der Waals surface area contributed by atoms with Gasteiger partial charge in [0.05, 0.1) is 0 Å². The second-order valence-corrected chi connectivity index (χ2v) is 5.31. The maximum Gasteiger partial charge on any atom is 0.161 e. The van der Waals surface area contributed by atoms with Crippen LogP contribution in [0.4, 0.5) is 0 Å². The van der Waals surface area contributed by atoms with E-state index in [-0.39, 0.29) is 0 Å². The molecule has 0 aliphatic heterocycles. The predicted molar refractivity (Wildman–Crippen MR) is 80.8 cm³/mol. The average molecular weight is 295 g/mol. The largest absolute Gasteiger partial charge is 0.233 e. The Morgan fingerprint density at radius 2 is 1.74 bits per heavy atom. The standard InChI is InChI=1S/C15H16Cl2N2/c1-3-4-5-13-10(2)18-15(19-14(13)17)11-6-8-12(16)9-7-11/h6-9H,3-5H2,1-2H3. The molecule has 1 heterocycles. The molecule has 19 heavy (non-hydrogen) atoms. The molecule has 0 unspecified atom stereocenters. The van der Waals surface area contributed by atoms with Crippen LogP contribution in [0.25, 0.3) is 11.4 Å². The highest BCUT2D eigenvalue weighted by molar-refractivity contribution is 6.30. The molecule has 1 aromatic carbocycles. The number of nitrogens with zero attached hydrogens (tertiary/aromatic N) is 2. The Kier molecular flexibility index (Phi) is 4.78. The number of halogens is 2. The topological polar surface area (TPSA) is 25.8 Å². The molecule has 0 saturated carbocycles. The smallest absolute Gasteiger partial charge is 0.161 e. The molecule has 0 atom stereocenters. The second-order valence-electron chi connectivity index (χ2n) is 4.51. The van der Waals surface area contributed by atoms with Crippen LogP contribution in [0.1, 0.15) is 31.0 Å². The third-order valence-corrected chi connectivity index (χ3v) is 3.61.